The second kappa shape index (κ2) is 5.32. The molecule has 3 atom stereocenters. The molecular weight excluding hydrogens is 184 g/mol. The maximum Gasteiger partial charge on any atom is 0.311 e. The van der Waals surface area contributed by atoms with Crippen molar-refractivity contribution < 1.29 is 19.4 Å². The molecule has 0 aliphatic carbocycles. The first-order valence-corrected chi connectivity index (χ1v) is 5.03. The Bertz CT molecular complexity index is 193. The molecule has 1 N–H and O–H groups in total. The summed E-state index contributed by atoms with van der Waals surface area (Å²) in [6.07, 6.45) is 2.52. The standard InChI is InChI=1S/C10H18O4/c1-7(10(12)13-2)9-4-3-8(14-9)5-6-11/h7-9,11H,3-6H2,1-2H3/t7-,8-,9+/m1/s1. The molecular formula is C10H18O4. The molecule has 0 aromatic carbocycles. The van der Waals surface area contributed by atoms with Gasteiger partial charge in [0.15, 0.2) is 0 Å². The van der Waals surface area contributed by atoms with Gasteiger partial charge in [0.1, 0.15) is 0 Å². The molecule has 1 fully saturated rings. The van der Waals surface area contributed by atoms with E-state index in [-0.39, 0.29) is 30.7 Å². The molecule has 0 aromatic rings. The van der Waals surface area contributed by atoms with Crippen LogP contribution in [-0.2, 0) is 14.3 Å². The van der Waals surface area contributed by atoms with Crippen molar-refractivity contribution >= 4 is 5.97 Å². The highest BCUT2D eigenvalue weighted by atomic mass is 16.5. The summed E-state index contributed by atoms with van der Waals surface area (Å²) in [5.41, 5.74) is 0. The molecule has 1 rings (SSSR count). The number of aliphatic hydroxyl groups excluding tert-OH is 1. The lowest BCUT2D eigenvalue weighted by Gasteiger charge is -2.17. The van der Waals surface area contributed by atoms with Crippen LogP contribution in [-0.4, -0.2) is 37.0 Å². The van der Waals surface area contributed by atoms with Gasteiger partial charge >= 0.3 is 5.97 Å². The molecule has 4 nitrogen and oxygen atoms in total. The number of hydrogen-bond acceptors (Lipinski definition) is 4. The Kier molecular flexibility index (Phi) is 4.35. The van der Waals surface area contributed by atoms with Crippen LogP contribution in [0.15, 0.2) is 0 Å². The zero-order chi connectivity index (χ0) is 10.6. The van der Waals surface area contributed by atoms with Crippen LogP contribution in [0.25, 0.3) is 0 Å². The Hall–Kier alpha value is -0.610. The minimum absolute atomic E-state index is 0.0426. The van der Waals surface area contributed by atoms with Crippen molar-refractivity contribution in [3.05, 3.63) is 0 Å². The third-order valence-electron chi connectivity index (χ3n) is 2.72. The van der Waals surface area contributed by atoms with Crippen LogP contribution in [0, 0.1) is 5.92 Å². The number of aliphatic hydroxyl groups is 1. The lowest BCUT2D eigenvalue weighted by molar-refractivity contribution is -0.149. The molecule has 0 spiro atoms. The molecule has 0 aromatic heterocycles. The van der Waals surface area contributed by atoms with Crippen molar-refractivity contribution in [2.75, 3.05) is 13.7 Å². The quantitative estimate of drug-likeness (QED) is 0.683. The van der Waals surface area contributed by atoms with Crippen molar-refractivity contribution in [3.63, 3.8) is 0 Å². The van der Waals surface area contributed by atoms with Crippen LogP contribution >= 0.6 is 0 Å². The van der Waals surface area contributed by atoms with Gasteiger partial charge in [-0.15, -0.1) is 0 Å². The summed E-state index contributed by atoms with van der Waals surface area (Å²) in [7, 11) is 1.39. The largest absolute Gasteiger partial charge is 0.469 e. The molecule has 82 valence electrons. The molecule has 1 aliphatic rings. The van der Waals surface area contributed by atoms with Gasteiger partial charge < -0.3 is 14.6 Å². The molecule has 0 bridgehead atoms. The Balaban J connectivity index is 2.37. The molecule has 0 amide bonds. The topological polar surface area (TPSA) is 55.8 Å². The lowest BCUT2D eigenvalue weighted by atomic mass is 10.0. The minimum atomic E-state index is -0.223. The van der Waals surface area contributed by atoms with Crippen molar-refractivity contribution in [3.8, 4) is 0 Å². The number of carbonyl (C=O) groups is 1. The van der Waals surface area contributed by atoms with Gasteiger partial charge in [-0.3, -0.25) is 4.79 Å². The van der Waals surface area contributed by atoms with E-state index in [1.807, 2.05) is 6.92 Å². The van der Waals surface area contributed by atoms with Gasteiger partial charge in [-0.25, -0.2) is 0 Å². The smallest absolute Gasteiger partial charge is 0.311 e. The third kappa shape index (κ3) is 2.69. The fourth-order valence-corrected chi connectivity index (χ4v) is 1.80. The van der Waals surface area contributed by atoms with Crippen LogP contribution in [0.5, 0.6) is 0 Å². The predicted molar refractivity (Wildman–Crippen MR) is 50.8 cm³/mol. The van der Waals surface area contributed by atoms with E-state index in [9.17, 15) is 4.79 Å². The molecule has 0 saturated carbocycles. The normalized spacial score (nSPS) is 28.8. The van der Waals surface area contributed by atoms with Gasteiger partial charge in [0, 0.05) is 6.61 Å². The zero-order valence-corrected chi connectivity index (χ0v) is 8.73. The molecule has 1 heterocycles. The minimum Gasteiger partial charge on any atom is -0.469 e. The fraction of sp³-hybridized carbons (Fsp3) is 0.900. The Morgan fingerprint density at radius 2 is 2.36 bits per heavy atom. The maximum atomic E-state index is 11.2. The molecule has 0 unspecified atom stereocenters. The van der Waals surface area contributed by atoms with Crippen molar-refractivity contribution in [2.24, 2.45) is 5.92 Å². The van der Waals surface area contributed by atoms with Crippen molar-refractivity contribution in [1.29, 1.82) is 0 Å². The lowest BCUT2D eigenvalue weighted by Crippen LogP contribution is -2.27. The molecule has 4 heteroatoms. The van der Waals surface area contributed by atoms with E-state index >= 15 is 0 Å². The van der Waals surface area contributed by atoms with Crippen LogP contribution in [0.3, 0.4) is 0 Å². The molecule has 1 aliphatic heterocycles. The van der Waals surface area contributed by atoms with Crippen LogP contribution < -0.4 is 0 Å². The number of methoxy groups -OCH3 is 1. The van der Waals surface area contributed by atoms with E-state index in [1.54, 1.807) is 0 Å². The molecule has 0 radical (unpaired) electrons. The number of esters is 1. The van der Waals surface area contributed by atoms with E-state index in [1.165, 1.54) is 7.11 Å². The van der Waals surface area contributed by atoms with Gasteiger partial charge in [-0.05, 0) is 26.2 Å². The van der Waals surface area contributed by atoms with Crippen LogP contribution in [0.1, 0.15) is 26.2 Å². The summed E-state index contributed by atoms with van der Waals surface area (Å²) < 4.78 is 10.3. The average molecular weight is 202 g/mol. The number of carbonyl (C=O) groups excluding carboxylic acids is 1. The second-order valence-corrected chi connectivity index (χ2v) is 3.70. The first-order chi connectivity index (χ1) is 6.69. The number of rotatable bonds is 4. The van der Waals surface area contributed by atoms with Crippen molar-refractivity contribution in [1.82, 2.24) is 0 Å². The summed E-state index contributed by atoms with van der Waals surface area (Å²) in [5.74, 6) is -0.427. The van der Waals surface area contributed by atoms with E-state index in [2.05, 4.69) is 4.74 Å². The summed E-state index contributed by atoms with van der Waals surface area (Å²) in [6.45, 7) is 1.96. The molecule has 1 saturated heterocycles. The monoisotopic (exact) mass is 202 g/mol. The number of hydrogen-bond donors (Lipinski definition) is 1. The van der Waals surface area contributed by atoms with Gasteiger partial charge in [0.05, 0.1) is 25.2 Å². The SMILES string of the molecule is COC(=O)[C@H](C)[C@@H]1CC[C@H](CCO)O1. The summed E-state index contributed by atoms with van der Waals surface area (Å²) >= 11 is 0. The first kappa shape index (κ1) is 11.5. The van der Waals surface area contributed by atoms with Crippen molar-refractivity contribution in [2.45, 2.75) is 38.4 Å². The highest BCUT2D eigenvalue weighted by Crippen LogP contribution is 2.27. The highest BCUT2D eigenvalue weighted by Gasteiger charge is 2.32. The fourth-order valence-electron chi connectivity index (χ4n) is 1.80. The van der Waals surface area contributed by atoms with Gasteiger partial charge in [0.2, 0.25) is 0 Å². The van der Waals surface area contributed by atoms with Crippen LogP contribution in [0.2, 0.25) is 0 Å². The molecule has 14 heavy (non-hydrogen) atoms. The van der Waals surface area contributed by atoms with Gasteiger partial charge in [-0.1, -0.05) is 0 Å². The summed E-state index contributed by atoms with van der Waals surface area (Å²) in [4.78, 5) is 11.2. The maximum absolute atomic E-state index is 11.2. The average Bonchev–Trinajstić information content (AvgIpc) is 2.64. The Morgan fingerprint density at radius 3 is 2.93 bits per heavy atom. The zero-order valence-electron chi connectivity index (χ0n) is 8.73. The van der Waals surface area contributed by atoms with Crippen LogP contribution in [0.4, 0.5) is 0 Å². The second-order valence-electron chi connectivity index (χ2n) is 3.70. The summed E-state index contributed by atoms with van der Waals surface area (Å²) in [5, 5.41) is 8.74. The van der Waals surface area contributed by atoms with E-state index < -0.39 is 0 Å². The number of ether oxygens (including phenoxy) is 2. The highest BCUT2D eigenvalue weighted by molar-refractivity contribution is 5.72. The Labute approximate surface area is 84.2 Å². The van der Waals surface area contributed by atoms with E-state index in [0.29, 0.717) is 6.42 Å². The Morgan fingerprint density at radius 1 is 1.64 bits per heavy atom. The van der Waals surface area contributed by atoms with Gasteiger partial charge in [-0.2, -0.15) is 0 Å². The first-order valence-electron chi connectivity index (χ1n) is 5.03. The third-order valence-corrected chi connectivity index (χ3v) is 2.72. The van der Waals surface area contributed by atoms with Gasteiger partial charge in [0.25, 0.3) is 0 Å². The summed E-state index contributed by atoms with van der Waals surface area (Å²) in [6, 6.07) is 0. The predicted octanol–water partition coefficient (Wildman–Crippen LogP) is 0.725. The van der Waals surface area contributed by atoms with E-state index in [0.717, 1.165) is 12.8 Å². The van der Waals surface area contributed by atoms with E-state index in [4.69, 9.17) is 9.84 Å².